The van der Waals surface area contributed by atoms with Gasteiger partial charge in [0.05, 0.1) is 5.71 Å². The minimum atomic E-state index is -0.442. The van der Waals surface area contributed by atoms with Crippen LogP contribution in [0.25, 0.3) is 0 Å². The second kappa shape index (κ2) is 6.76. The Morgan fingerprint density at radius 2 is 1.92 bits per heavy atom. The van der Waals surface area contributed by atoms with Crippen LogP contribution in [0.15, 0.2) is 53.5 Å². The molecule has 2 aromatic carbocycles. The predicted octanol–water partition coefficient (Wildman–Crippen LogP) is 1.92. The van der Waals surface area contributed by atoms with Crippen LogP contribution in [0.1, 0.15) is 16.7 Å². The lowest BCUT2D eigenvalue weighted by molar-refractivity contribution is -0.122. The van der Waals surface area contributed by atoms with Gasteiger partial charge in [0, 0.05) is 43.1 Å². The van der Waals surface area contributed by atoms with Crippen LogP contribution in [0.2, 0.25) is 0 Å². The van der Waals surface area contributed by atoms with Gasteiger partial charge in [0.15, 0.2) is 0 Å². The van der Waals surface area contributed by atoms with Gasteiger partial charge < -0.3 is 10.6 Å². The predicted molar refractivity (Wildman–Crippen MR) is 95.3 cm³/mol. The molecule has 25 heavy (non-hydrogen) atoms. The quantitative estimate of drug-likeness (QED) is 0.896. The van der Waals surface area contributed by atoms with Crippen LogP contribution in [0, 0.1) is 11.7 Å². The van der Waals surface area contributed by atoms with Gasteiger partial charge >= 0.3 is 0 Å². The standard InChI is InChI=1S/C20H20FN3O/c21-16-7-5-14(6-8-16)19-17-4-2-1-3-15(17)9-18(24-19)20(25)23-12-13-10-22-11-13/h1-8,13,18,22H,9-12H2,(H,23,25). The molecule has 4 rings (SSSR count). The summed E-state index contributed by atoms with van der Waals surface area (Å²) >= 11 is 0. The first-order valence-electron chi connectivity index (χ1n) is 8.61. The van der Waals surface area contributed by atoms with E-state index in [0.717, 1.165) is 35.5 Å². The van der Waals surface area contributed by atoms with Crippen molar-refractivity contribution in [2.24, 2.45) is 10.9 Å². The van der Waals surface area contributed by atoms with Gasteiger partial charge in [-0.2, -0.15) is 0 Å². The minimum absolute atomic E-state index is 0.0407. The van der Waals surface area contributed by atoms with Crippen molar-refractivity contribution in [1.29, 1.82) is 0 Å². The lowest BCUT2D eigenvalue weighted by Gasteiger charge is -2.28. The lowest BCUT2D eigenvalue weighted by atomic mass is 9.90. The van der Waals surface area contributed by atoms with Gasteiger partial charge in [0.2, 0.25) is 5.91 Å². The van der Waals surface area contributed by atoms with Crippen LogP contribution in [-0.2, 0) is 11.2 Å². The average Bonchev–Trinajstić information content (AvgIpc) is 2.60. The maximum absolute atomic E-state index is 13.3. The number of carbonyl (C=O) groups excluding carboxylic acids is 1. The summed E-state index contributed by atoms with van der Waals surface area (Å²) in [4.78, 5) is 17.3. The molecular weight excluding hydrogens is 317 g/mol. The molecule has 2 aliphatic rings. The smallest absolute Gasteiger partial charge is 0.245 e. The molecule has 2 heterocycles. The second-order valence-corrected chi connectivity index (χ2v) is 6.63. The molecule has 0 spiro atoms. The van der Waals surface area contributed by atoms with E-state index in [1.807, 2.05) is 24.3 Å². The molecule has 1 atom stereocenters. The van der Waals surface area contributed by atoms with Gasteiger partial charge in [-0.15, -0.1) is 0 Å². The van der Waals surface area contributed by atoms with E-state index < -0.39 is 6.04 Å². The van der Waals surface area contributed by atoms with Crippen molar-refractivity contribution in [2.75, 3.05) is 19.6 Å². The number of benzene rings is 2. The van der Waals surface area contributed by atoms with E-state index in [9.17, 15) is 9.18 Å². The first kappa shape index (κ1) is 16.0. The van der Waals surface area contributed by atoms with E-state index >= 15 is 0 Å². The fraction of sp³-hybridized carbons (Fsp3) is 0.300. The van der Waals surface area contributed by atoms with Crippen LogP contribution in [0.3, 0.4) is 0 Å². The van der Waals surface area contributed by atoms with Gasteiger partial charge in [-0.25, -0.2) is 4.39 Å². The molecule has 5 heteroatoms. The molecule has 0 bridgehead atoms. The van der Waals surface area contributed by atoms with Gasteiger partial charge in [-0.3, -0.25) is 9.79 Å². The summed E-state index contributed by atoms with van der Waals surface area (Å²) in [5.74, 6) is 0.193. The van der Waals surface area contributed by atoms with Gasteiger partial charge in [-0.05, 0) is 29.8 Å². The third-order valence-corrected chi connectivity index (χ3v) is 4.82. The number of hydrogen-bond donors (Lipinski definition) is 2. The normalized spacial score (nSPS) is 19.6. The molecule has 2 N–H and O–H groups in total. The maximum atomic E-state index is 13.3. The highest BCUT2D eigenvalue weighted by Gasteiger charge is 2.27. The van der Waals surface area contributed by atoms with Crippen molar-refractivity contribution in [1.82, 2.24) is 10.6 Å². The zero-order valence-electron chi connectivity index (χ0n) is 13.8. The third kappa shape index (κ3) is 3.33. The summed E-state index contributed by atoms with van der Waals surface area (Å²) in [7, 11) is 0. The number of nitrogens with zero attached hydrogens (tertiary/aromatic N) is 1. The first-order chi connectivity index (χ1) is 12.2. The number of nitrogens with one attached hydrogen (secondary N) is 2. The molecule has 2 aromatic rings. The molecule has 4 nitrogen and oxygen atoms in total. The molecule has 1 unspecified atom stereocenters. The van der Waals surface area contributed by atoms with E-state index in [1.54, 1.807) is 12.1 Å². The lowest BCUT2D eigenvalue weighted by Crippen LogP contribution is -2.49. The van der Waals surface area contributed by atoms with Crippen LogP contribution in [0.4, 0.5) is 4.39 Å². The molecule has 0 saturated carbocycles. The largest absolute Gasteiger partial charge is 0.354 e. The van der Waals surface area contributed by atoms with E-state index in [1.165, 1.54) is 12.1 Å². The molecule has 1 fully saturated rings. The Labute approximate surface area is 146 Å². The number of amides is 1. The van der Waals surface area contributed by atoms with Crippen LogP contribution in [0.5, 0.6) is 0 Å². The Bertz CT molecular complexity index is 812. The highest BCUT2D eigenvalue weighted by Crippen LogP contribution is 2.24. The molecular formula is C20H20FN3O. The molecule has 2 aliphatic heterocycles. The van der Waals surface area contributed by atoms with Crippen LogP contribution < -0.4 is 10.6 Å². The summed E-state index contributed by atoms with van der Waals surface area (Å²) in [5, 5.41) is 6.22. The van der Waals surface area contributed by atoms with Crippen molar-refractivity contribution in [3.05, 3.63) is 71.0 Å². The molecule has 128 valence electrons. The molecule has 1 amide bonds. The highest BCUT2D eigenvalue weighted by molar-refractivity contribution is 6.15. The highest BCUT2D eigenvalue weighted by atomic mass is 19.1. The number of carbonyl (C=O) groups is 1. The Balaban J connectivity index is 1.61. The molecule has 0 radical (unpaired) electrons. The Hall–Kier alpha value is -2.53. The zero-order valence-corrected chi connectivity index (χ0v) is 13.8. The summed E-state index contributed by atoms with van der Waals surface area (Å²) < 4.78 is 13.3. The number of hydrogen-bond acceptors (Lipinski definition) is 3. The van der Waals surface area contributed by atoms with E-state index in [4.69, 9.17) is 4.99 Å². The van der Waals surface area contributed by atoms with Gasteiger partial charge in [0.1, 0.15) is 11.9 Å². The van der Waals surface area contributed by atoms with E-state index in [-0.39, 0.29) is 11.7 Å². The van der Waals surface area contributed by atoms with Crippen molar-refractivity contribution in [3.8, 4) is 0 Å². The van der Waals surface area contributed by atoms with Crippen molar-refractivity contribution >= 4 is 11.6 Å². The summed E-state index contributed by atoms with van der Waals surface area (Å²) in [6.45, 7) is 2.60. The summed E-state index contributed by atoms with van der Waals surface area (Å²) in [6, 6.07) is 13.8. The molecule has 1 saturated heterocycles. The average molecular weight is 337 g/mol. The van der Waals surface area contributed by atoms with Crippen molar-refractivity contribution in [3.63, 3.8) is 0 Å². The number of rotatable bonds is 4. The third-order valence-electron chi connectivity index (χ3n) is 4.82. The monoisotopic (exact) mass is 337 g/mol. The first-order valence-corrected chi connectivity index (χ1v) is 8.61. The second-order valence-electron chi connectivity index (χ2n) is 6.63. The topological polar surface area (TPSA) is 53.5 Å². The maximum Gasteiger partial charge on any atom is 0.245 e. The minimum Gasteiger partial charge on any atom is -0.354 e. The zero-order chi connectivity index (χ0) is 17.2. The number of aliphatic imine (C=N–C) groups is 1. The van der Waals surface area contributed by atoms with E-state index in [2.05, 4.69) is 10.6 Å². The van der Waals surface area contributed by atoms with E-state index in [0.29, 0.717) is 18.9 Å². The Morgan fingerprint density at radius 1 is 1.16 bits per heavy atom. The fourth-order valence-electron chi connectivity index (χ4n) is 3.25. The van der Waals surface area contributed by atoms with Crippen molar-refractivity contribution in [2.45, 2.75) is 12.5 Å². The Kier molecular flexibility index (Phi) is 4.32. The van der Waals surface area contributed by atoms with Gasteiger partial charge in [-0.1, -0.05) is 24.3 Å². The molecule has 0 aromatic heterocycles. The van der Waals surface area contributed by atoms with Crippen molar-refractivity contribution < 1.29 is 9.18 Å². The number of halogens is 1. The summed E-state index contributed by atoms with van der Waals surface area (Å²) in [5.41, 5.74) is 3.70. The van der Waals surface area contributed by atoms with Crippen LogP contribution in [-0.4, -0.2) is 37.3 Å². The molecule has 0 aliphatic carbocycles. The summed E-state index contributed by atoms with van der Waals surface area (Å²) in [6.07, 6.45) is 0.593. The SMILES string of the molecule is O=C(NCC1CNC1)C1Cc2ccccc2C(c2ccc(F)cc2)=N1. The van der Waals surface area contributed by atoms with Gasteiger partial charge in [0.25, 0.3) is 0 Å². The number of fused-ring (bicyclic) bond motifs is 1. The Morgan fingerprint density at radius 3 is 2.64 bits per heavy atom. The van der Waals surface area contributed by atoms with Crippen LogP contribution >= 0.6 is 0 Å². The fourth-order valence-corrected chi connectivity index (χ4v) is 3.25.